The molecule has 0 saturated carbocycles. The minimum absolute atomic E-state index is 0.437. The summed E-state index contributed by atoms with van der Waals surface area (Å²) in [4.78, 5) is 0. The van der Waals surface area contributed by atoms with E-state index in [9.17, 15) is 0 Å². The second-order valence-electron chi connectivity index (χ2n) is 3.73. The Hall–Kier alpha value is -1.06. The highest BCUT2D eigenvalue weighted by Gasteiger charge is 2.11. The van der Waals surface area contributed by atoms with Crippen LogP contribution in [0, 0.1) is 0 Å². The van der Waals surface area contributed by atoms with Gasteiger partial charge in [0.2, 0.25) is 0 Å². The van der Waals surface area contributed by atoms with E-state index in [1.165, 1.54) is 0 Å². The van der Waals surface area contributed by atoms with Crippen LogP contribution in [-0.4, -0.2) is 23.0 Å². The lowest BCUT2D eigenvalue weighted by atomic mass is 10.2. The molecule has 1 unspecified atom stereocenters. The van der Waals surface area contributed by atoms with Crippen molar-refractivity contribution in [1.29, 1.82) is 0 Å². The first-order chi connectivity index (χ1) is 8.31. The summed E-state index contributed by atoms with van der Waals surface area (Å²) >= 11 is 0. The molecular weight excluding hydrogens is 228 g/mol. The van der Waals surface area contributed by atoms with E-state index >= 15 is 0 Å². The van der Waals surface area contributed by atoms with Gasteiger partial charge in [0, 0.05) is 24.3 Å². The van der Waals surface area contributed by atoms with Gasteiger partial charge in [-0.2, -0.15) is 0 Å². The minimum Gasteiger partial charge on any atom is -0.540 e. The van der Waals surface area contributed by atoms with Crippen LogP contribution in [0.4, 0.5) is 0 Å². The molecule has 3 heteroatoms. The zero-order chi connectivity index (χ0) is 12.5. The predicted octanol–water partition coefficient (Wildman–Crippen LogP) is 3.56. The molecule has 0 heterocycles. The highest BCUT2D eigenvalue weighted by Crippen LogP contribution is 2.20. The van der Waals surface area contributed by atoms with Gasteiger partial charge in [-0.05, 0) is 13.0 Å². The Morgan fingerprint density at radius 3 is 2.76 bits per heavy atom. The third-order valence-corrected chi connectivity index (χ3v) is 3.74. The monoisotopic (exact) mass is 248 g/mol. The number of benzene rings is 1. The maximum Gasteiger partial charge on any atom is 0.316 e. The average molecular weight is 248 g/mol. The van der Waals surface area contributed by atoms with Gasteiger partial charge in [-0.15, -0.1) is 0 Å². The molecule has 2 radical (unpaired) electrons. The summed E-state index contributed by atoms with van der Waals surface area (Å²) < 4.78 is 11.3. The Kier molecular flexibility index (Phi) is 6.66. The smallest absolute Gasteiger partial charge is 0.316 e. The first kappa shape index (κ1) is 14.0. The summed E-state index contributed by atoms with van der Waals surface area (Å²) in [6, 6.07) is 7.97. The van der Waals surface area contributed by atoms with E-state index in [1.807, 2.05) is 37.3 Å². The molecule has 0 fully saturated rings. The lowest BCUT2D eigenvalue weighted by Crippen LogP contribution is -2.16. The standard InChI is InChI=1S/C14H20O2Si/c1-4-12-9-7-8-10-14(12)16-17-13(5-2)11-15-6-3/h4,7-10,13H,1,5-6,11H2,2-3H3. The molecule has 17 heavy (non-hydrogen) atoms. The fourth-order valence-corrected chi connectivity index (χ4v) is 2.22. The lowest BCUT2D eigenvalue weighted by molar-refractivity contribution is 0.142. The molecule has 2 nitrogen and oxygen atoms in total. The molecule has 0 amide bonds. The van der Waals surface area contributed by atoms with E-state index < -0.39 is 0 Å². The van der Waals surface area contributed by atoms with Crippen molar-refractivity contribution in [2.45, 2.75) is 25.8 Å². The quantitative estimate of drug-likeness (QED) is 0.655. The van der Waals surface area contributed by atoms with Crippen LogP contribution in [-0.2, 0) is 4.74 Å². The number of rotatable bonds is 8. The Morgan fingerprint density at radius 1 is 1.35 bits per heavy atom. The summed E-state index contributed by atoms with van der Waals surface area (Å²) in [6.07, 6.45) is 2.90. The van der Waals surface area contributed by atoms with Crippen molar-refractivity contribution < 1.29 is 9.16 Å². The first-order valence-electron chi connectivity index (χ1n) is 6.03. The van der Waals surface area contributed by atoms with Crippen LogP contribution < -0.4 is 4.43 Å². The van der Waals surface area contributed by atoms with E-state index in [0.717, 1.165) is 30.9 Å². The number of ether oxygens (including phenoxy) is 1. The topological polar surface area (TPSA) is 18.5 Å². The highest BCUT2D eigenvalue weighted by molar-refractivity contribution is 6.30. The van der Waals surface area contributed by atoms with E-state index in [1.54, 1.807) is 0 Å². The number of para-hydroxylation sites is 1. The second-order valence-corrected chi connectivity index (χ2v) is 4.98. The predicted molar refractivity (Wildman–Crippen MR) is 73.4 cm³/mol. The molecule has 0 aliphatic heterocycles. The van der Waals surface area contributed by atoms with Crippen molar-refractivity contribution >= 4 is 15.8 Å². The molecule has 1 aromatic rings. The highest BCUT2D eigenvalue weighted by atomic mass is 28.2. The van der Waals surface area contributed by atoms with Gasteiger partial charge in [-0.1, -0.05) is 44.2 Å². The largest absolute Gasteiger partial charge is 0.540 e. The third kappa shape index (κ3) is 4.75. The van der Waals surface area contributed by atoms with Gasteiger partial charge in [0.25, 0.3) is 0 Å². The molecule has 0 saturated heterocycles. The average Bonchev–Trinajstić information content (AvgIpc) is 2.39. The Morgan fingerprint density at radius 2 is 2.12 bits per heavy atom. The fraction of sp³-hybridized carbons (Fsp3) is 0.429. The molecule has 0 aromatic heterocycles. The Balaban J connectivity index is 2.50. The Bertz CT molecular complexity index is 339. The summed E-state index contributed by atoms with van der Waals surface area (Å²) in [5, 5.41) is 0. The van der Waals surface area contributed by atoms with Crippen LogP contribution in [0.5, 0.6) is 5.75 Å². The zero-order valence-corrected chi connectivity index (χ0v) is 11.6. The van der Waals surface area contributed by atoms with E-state index in [2.05, 4.69) is 13.5 Å². The molecule has 0 aliphatic rings. The number of hydrogen-bond donors (Lipinski definition) is 0. The fourth-order valence-electron chi connectivity index (χ4n) is 1.38. The minimum atomic E-state index is 0.437. The van der Waals surface area contributed by atoms with Gasteiger partial charge in [-0.3, -0.25) is 0 Å². The van der Waals surface area contributed by atoms with Crippen LogP contribution in [0.25, 0.3) is 6.08 Å². The SMILES string of the molecule is C=Cc1ccccc1O[Si]C(CC)COCC. The van der Waals surface area contributed by atoms with Gasteiger partial charge in [0.1, 0.15) is 5.75 Å². The lowest BCUT2D eigenvalue weighted by Gasteiger charge is -2.14. The summed E-state index contributed by atoms with van der Waals surface area (Å²) in [5.74, 6) is 0.913. The summed E-state index contributed by atoms with van der Waals surface area (Å²) in [7, 11) is 0.437. The van der Waals surface area contributed by atoms with Crippen LogP contribution >= 0.6 is 0 Å². The van der Waals surface area contributed by atoms with Gasteiger partial charge < -0.3 is 9.16 Å². The molecule has 1 atom stereocenters. The molecule has 0 N–H and O–H groups in total. The summed E-state index contributed by atoms with van der Waals surface area (Å²) in [5.41, 5.74) is 1.53. The molecule has 1 aromatic carbocycles. The van der Waals surface area contributed by atoms with E-state index in [-0.39, 0.29) is 0 Å². The van der Waals surface area contributed by atoms with Crippen molar-refractivity contribution in [3.8, 4) is 5.75 Å². The summed E-state index contributed by atoms with van der Waals surface area (Å²) in [6.45, 7) is 9.52. The second kappa shape index (κ2) is 8.09. The van der Waals surface area contributed by atoms with Crippen molar-refractivity contribution in [3.63, 3.8) is 0 Å². The maximum atomic E-state index is 5.85. The Labute approximate surface area is 107 Å². The van der Waals surface area contributed by atoms with Gasteiger partial charge in [0.15, 0.2) is 0 Å². The van der Waals surface area contributed by atoms with E-state index in [0.29, 0.717) is 15.3 Å². The van der Waals surface area contributed by atoms with Crippen molar-refractivity contribution in [2.75, 3.05) is 13.2 Å². The molecule has 0 aliphatic carbocycles. The van der Waals surface area contributed by atoms with Crippen LogP contribution in [0.15, 0.2) is 30.8 Å². The molecule has 0 spiro atoms. The third-order valence-electron chi connectivity index (χ3n) is 2.49. The maximum absolute atomic E-state index is 5.85. The molecular formula is C14H20O2Si. The van der Waals surface area contributed by atoms with Crippen LogP contribution in [0.1, 0.15) is 25.8 Å². The van der Waals surface area contributed by atoms with Gasteiger partial charge >= 0.3 is 9.76 Å². The zero-order valence-electron chi connectivity index (χ0n) is 10.6. The first-order valence-corrected chi connectivity index (χ1v) is 7.01. The van der Waals surface area contributed by atoms with Gasteiger partial charge in [-0.25, -0.2) is 0 Å². The van der Waals surface area contributed by atoms with Crippen molar-refractivity contribution in [1.82, 2.24) is 0 Å². The van der Waals surface area contributed by atoms with Crippen LogP contribution in [0.2, 0.25) is 5.54 Å². The van der Waals surface area contributed by atoms with Crippen molar-refractivity contribution in [2.24, 2.45) is 0 Å². The van der Waals surface area contributed by atoms with Crippen LogP contribution in [0.3, 0.4) is 0 Å². The number of hydrogen-bond acceptors (Lipinski definition) is 2. The molecule has 0 bridgehead atoms. The normalized spacial score (nSPS) is 12.1. The van der Waals surface area contributed by atoms with E-state index in [4.69, 9.17) is 9.16 Å². The molecule has 92 valence electrons. The van der Waals surface area contributed by atoms with Gasteiger partial charge in [0.05, 0.1) is 0 Å². The molecule has 1 rings (SSSR count). The van der Waals surface area contributed by atoms with Crippen molar-refractivity contribution in [3.05, 3.63) is 36.4 Å².